The number of rotatable bonds is 4. The Labute approximate surface area is 114 Å². The van der Waals surface area contributed by atoms with Crippen LogP contribution >= 0.6 is 0 Å². The van der Waals surface area contributed by atoms with Gasteiger partial charge in [0.15, 0.2) is 0 Å². The molecule has 3 N–H and O–H groups in total. The van der Waals surface area contributed by atoms with E-state index in [0.717, 1.165) is 24.3 Å². The molecule has 20 heavy (non-hydrogen) atoms. The molecule has 0 spiro atoms. The molecule has 1 heterocycles. The number of nitrogens with two attached hydrogens (primary N) is 1. The van der Waals surface area contributed by atoms with Gasteiger partial charge >= 0.3 is 0 Å². The van der Waals surface area contributed by atoms with E-state index in [0.29, 0.717) is 0 Å². The second kappa shape index (κ2) is 4.85. The molecule has 0 atom stereocenters. The Bertz CT molecular complexity index is 823. The fraction of sp³-hybridized carbons (Fsp3) is 0.111. The van der Waals surface area contributed by atoms with Gasteiger partial charge in [-0.15, -0.1) is 0 Å². The van der Waals surface area contributed by atoms with E-state index in [4.69, 9.17) is 5.14 Å². The van der Waals surface area contributed by atoms with Gasteiger partial charge in [0.25, 0.3) is 16.0 Å². The maximum atomic E-state index is 12.0. The van der Waals surface area contributed by atoms with E-state index in [-0.39, 0.29) is 21.6 Å². The number of nitrogens with zero attached hydrogens (tertiary/aromatic N) is 2. The van der Waals surface area contributed by atoms with Crippen molar-refractivity contribution < 1.29 is 21.4 Å². The summed E-state index contributed by atoms with van der Waals surface area (Å²) in [5.41, 5.74) is 0. The summed E-state index contributed by atoms with van der Waals surface area (Å²) in [5.74, 6) is -0.00899. The minimum absolute atomic E-state index is 0.160. The molecule has 9 nitrogen and oxygen atoms in total. The summed E-state index contributed by atoms with van der Waals surface area (Å²) < 4.78 is 52.8. The van der Waals surface area contributed by atoms with Crippen molar-refractivity contribution in [1.82, 2.24) is 10.1 Å². The van der Waals surface area contributed by atoms with E-state index >= 15 is 0 Å². The van der Waals surface area contributed by atoms with Gasteiger partial charge in [-0.05, 0) is 29.4 Å². The van der Waals surface area contributed by atoms with E-state index in [1.54, 1.807) is 0 Å². The molecule has 11 heteroatoms. The average molecular weight is 318 g/mol. The zero-order chi connectivity index (χ0) is 15.0. The van der Waals surface area contributed by atoms with Gasteiger partial charge in [-0.3, -0.25) is 0 Å². The summed E-state index contributed by atoms with van der Waals surface area (Å²) in [6.45, 7) is 1.51. The van der Waals surface area contributed by atoms with Crippen molar-refractivity contribution in [2.45, 2.75) is 16.7 Å². The SMILES string of the molecule is Cc1nc(NS(=O)(=O)c2ccc(S(N)(=O)=O)cc2)no1. The van der Waals surface area contributed by atoms with E-state index in [9.17, 15) is 16.8 Å². The zero-order valence-electron chi connectivity index (χ0n) is 10.1. The lowest BCUT2D eigenvalue weighted by Crippen LogP contribution is -2.15. The quantitative estimate of drug-likeness (QED) is 0.795. The molecule has 2 aromatic rings. The van der Waals surface area contributed by atoms with Crippen molar-refractivity contribution in [3.05, 3.63) is 30.2 Å². The minimum atomic E-state index is -3.93. The van der Waals surface area contributed by atoms with Crippen LogP contribution < -0.4 is 9.86 Å². The number of sulfonamides is 2. The first-order chi connectivity index (χ1) is 9.18. The Balaban J connectivity index is 2.30. The summed E-state index contributed by atoms with van der Waals surface area (Å²) in [5, 5.41) is 8.31. The lowest BCUT2D eigenvalue weighted by molar-refractivity contribution is 0.395. The number of hydrogen-bond acceptors (Lipinski definition) is 7. The van der Waals surface area contributed by atoms with Crippen LogP contribution in [0.5, 0.6) is 0 Å². The van der Waals surface area contributed by atoms with Crippen molar-refractivity contribution >= 4 is 26.0 Å². The highest BCUT2D eigenvalue weighted by Gasteiger charge is 2.18. The smallest absolute Gasteiger partial charge is 0.277 e. The Morgan fingerprint density at radius 3 is 2.10 bits per heavy atom. The molecule has 0 bridgehead atoms. The molecule has 0 saturated carbocycles. The monoisotopic (exact) mass is 318 g/mol. The summed E-state index contributed by atoms with van der Waals surface area (Å²) in [6.07, 6.45) is 0. The fourth-order valence-electron chi connectivity index (χ4n) is 1.33. The topological polar surface area (TPSA) is 145 Å². The van der Waals surface area contributed by atoms with Crippen LogP contribution in [0.3, 0.4) is 0 Å². The Morgan fingerprint density at radius 1 is 1.10 bits per heavy atom. The lowest BCUT2D eigenvalue weighted by atomic mass is 10.4. The van der Waals surface area contributed by atoms with E-state index in [1.807, 2.05) is 0 Å². The highest BCUT2D eigenvalue weighted by molar-refractivity contribution is 7.92. The maximum Gasteiger partial charge on any atom is 0.277 e. The molecular weight excluding hydrogens is 308 g/mol. The van der Waals surface area contributed by atoms with Crippen molar-refractivity contribution in [1.29, 1.82) is 0 Å². The summed E-state index contributed by atoms with van der Waals surface area (Å²) in [7, 11) is -7.81. The van der Waals surface area contributed by atoms with Crippen molar-refractivity contribution in [3.63, 3.8) is 0 Å². The number of benzene rings is 1. The van der Waals surface area contributed by atoms with Gasteiger partial charge in [-0.25, -0.2) is 26.7 Å². The largest absolute Gasteiger partial charge is 0.338 e. The van der Waals surface area contributed by atoms with E-state index < -0.39 is 20.0 Å². The Morgan fingerprint density at radius 2 is 1.65 bits per heavy atom. The average Bonchev–Trinajstić information content (AvgIpc) is 2.73. The molecule has 0 unspecified atom stereocenters. The van der Waals surface area contributed by atoms with Crippen LogP contribution in [-0.4, -0.2) is 27.0 Å². The predicted molar refractivity (Wildman–Crippen MR) is 67.7 cm³/mol. The number of hydrogen-bond donors (Lipinski definition) is 2. The number of nitrogens with one attached hydrogen (secondary N) is 1. The van der Waals surface area contributed by atoms with Crippen LogP contribution in [0, 0.1) is 6.92 Å². The van der Waals surface area contributed by atoms with Gasteiger partial charge in [-0.2, -0.15) is 4.98 Å². The van der Waals surface area contributed by atoms with Crippen molar-refractivity contribution in [2.75, 3.05) is 4.72 Å². The van der Waals surface area contributed by atoms with Crippen LogP contribution in [0.15, 0.2) is 38.6 Å². The molecule has 2 rings (SSSR count). The van der Waals surface area contributed by atoms with Gasteiger partial charge in [0, 0.05) is 6.92 Å². The summed E-state index contributed by atoms with van der Waals surface area (Å²) >= 11 is 0. The summed E-state index contributed by atoms with van der Waals surface area (Å²) in [4.78, 5) is 3.35. The highest BCUT2D eigenvalue weighted by atomic mass is 32.2. The standard InChI is InChI=1S/C9H10N4O5S2/c1-6-11-9(12-18-6)13-20(16,17)8-4-2-7(3-5-8)19(10,14)15/h2-5H,1H3,(H,12,13)(H2,10,14,15). The third-order valence-corrected chi connectivity index (χ3v) is 4.49. The molecule has 108 valence electrons. The maximum absolute atomic E-state index is 12.0. The molecule has 0 amide bonds. The highest BCUT2D eigenvalue weighted by Crippen LogP contribution is 2.16. The number of anilines is 1. The van der Waals surface area contributed by atoms with Crippen LogP contribution in [0.25, 0.3) is 0 Å². The van der Waals surface area contributed by atoms with Crippen molar-refractivity contribution in [2.24, 2.45) is 5.14 Å². The van der Waals surface area contributed by atoms with Crippen LogP contribution in [-0.2, 0) is 20.0 Å². The van der Waals surface area contributed by atoms with Gasteiger partial charge in [0.2, 0.25) is 15.9 Å². The third-order valence-electron chi connectivity index (χ3n) is 2.22. The number of aromatic nitrogens is 2. The molecule has 1 aromatic carbocycles. The molecular formula is C9H10N4O5S2. The van der Waals surface area contributed by atoms with E-state index in [1.165, 1.54) is 6.92 Å². The molecule has 0 radical (unpaired) electrons. The van der Waals surface area contributed by atoms with Crippen LogP contribution in [0.4, 0.5) is 5.95 Å². The van der Waals surface area contributed by atoms with Crippen LogP contribution in [0.1, 0.15) is 5.89 Å². The van der Waals surface area contributed by atoms with E-state index in [2.05, 4.69) is 19.4 Å². The molecule has 0 aliphatic heterocycles. The second-order valence-corrected chi connectivity index (χ2v) is 7.00. The lowest BCUT2D eigenvalue weighted by Gasteiger charge is -2.04. The van der Waals surface area contributed by atoms with Gasteiger partial charge in [0.05, 0.1) is 9.79 Å². The molecule has 0 saturated heterocycles. The third kappa shape index (κ3) is 3.12. The minimum Gasteiger partial charge on any atom is -0.338 e. The van der Waals surface area contributed by atoms with Gasteiger partial charge in [0.1, 0.15) is 0 Å². The first-order valence-corrected chi connectivity index (χ1v) is 8.17. The molecule has 0 fully saturated rings. The first kappa shape index (κ1) is 14.4. The second-order valence-electron chi connectivity index (χ2n) is 3.76. The van der Waals surface area contributed by atoms with Crippen molar-refractivity contribution in [3.8, 4) is 0 Å². The Hall–Kier alpha value is -1.98. The van der Waals surface area contributed by atoms with Crippen LogP contribution in [0.2, 0.25) is 0 Å². The normalized spacial score (nSPS) is 12.3. The molecule has 0 aliphatic rings. The van der Waals surface area contributed by atoms with Gasteiger partial charge in [-0.1, -0.05) is 0 Å². The zero-order valence-corrected chi connectivity index (χ0v) is 11.8. The van der Waals surface area contributed by atoms with Gasteiger partial charge < -0.3 is 4.52 Å². The Kier molecular flexibility index (Phi) is 3.50. The number of aryl methyl sites for hydroxylation is 1. The fourth-order valence-corrected chi connectivity index (χ4v) is 2.78. The first-order valence-electron chi connectivity index (χ1n) is 5.14. The predicted octanol–water partition coefficient (Wildman–Crippen LogP) is -0.174. The number of primary sulfonamides is 1. The molecule has 0 aliphatic carbocycles. The summed E-state index contributed by atoms with van der Waals surface area (Å²) in [6, 6.07) is 4.39. The molecule has 1 aromatic heterocycles.